The fraction of sp³-hybridized carbons (Fsp3) is 0.289. The van der Waals surface area contributed by atoms with E-state index >= 15 is 0 Å². The molecule has 0 aliphatic heterocycles. The number of nitriles is 2. The molecule has 6 rings (SSSR count). The van der Waals surface area contributed by atoms with Crippen LogP contribution in [0.3, 0.4) is 0 Å². The molecule has 0 fully saturated rings. The van der Waals surface area contributed by atoms with Gasteiger partial charge in [0, 0.05) is 45.8 Å². The van der Waals surface area contributed by atoms with Crippen LogP contribution in [-0.2, 0) is 11.9 Å². The molecule has 0 bridgehead atoms. The van der Waals surface area contributed by atoms with E-state index in [0.29, 0.717) is 34.9 Å². The van der Waals surface area contributed by atoms with Gasteiger partial charge in [-0.15, -0.1) is 22.7 Å². The Morgan fingerprint density at radius 3 is 1.49 bits per heavy atom. The minimum atomic E-state index is 0. The first-order valence-corrected chi connectivity index (χ1v) is 20.9. The summed E-state index contributed by atoms with van der Waals surface area (Å²) in [6, 6.07) is 36.2. The van der Waals surface area contributed by atoms with Gasteiger partial charge in [-0.2, -0.15) is 10.5 Å². The van der Waals surface area contributed by atoms with E-state index in [-0.39, 0.29) is 7.43 Å². The third-order valence-electron chi connectivity index (χ3n) is 8.25. The lowest BCUT2D eigenvalue weighted by molar-refractivity contribution is 0.185. The van der Waals surface area contributed by atoms with Crippen LogP contribution in [0.4, 0.5) is 10.3 Å². The number of nitrogens with two attached hydrogens (primary N) is 1. The Morgan fingerprint density at radius 2 is 1.14 bits per heavy atom. The molecule has 2 aromatic heterocycles. The van der Waals surface area contributed by atoms with Gasteiger partial charge in [0.25, 0.3) is 0 Å². The number of nitrogen functional groups attached to an aromatic ring is 1. The zero-order valence-electron chi connectivity index (χ0n) is 33.0. The highest BCUT2D eigenvalue weighted by atomic mass is 79.9. The smallest absolute Gasteiger partial charge is 0.183 e. The van der Waals surface area contributed by atoms with Crippen molar-refractivity contribution >= 4 is 48.9 Å². The van der Waals surface area contributed by atoms with Crippen molar-refractivity contribution in [2.24, 2.45) is 0 Å². The number of nitrogens with one attached hydrogen (secondary N) is 1. The zero-order valence-corrected chi connectivity index (χ0v) is 36.2. The van der Waals surface area contributed by atoms with Gasteiger partial charge in [-0.05, 0) is 118 Å². The monoisotopic (exact) mass is 867 g/mol. The Bertz CT molecular complexity index is 2080. The molecule has 0 saturated carbocycles. The standard InChI is InChI=1S/C18H15N3OS.C10H10N2OS.C8H6BrN.C8H19N.CH4/c1-22-16-8-6-15(7-9-16)17-12-23-18(21-17)20-11-14-4-2-13(10-19)3-5-14;1-13-8-4-2-7(3-5-8)9-6-14-10(11)12-9;9-5-7-1-3-8(6-10)4-2-7;1-6-9(7(2)3)8(4)5;/h2-9,12H,11H2,1H3,(H,20,21);2-6H,1H3,(H2,11,12);1-4H,5H2;7-8H,6H2,1-5H3;1H4. The maximum atomic E-state index is 8.80. The average Bonchev–Trinajstić information content (AvgIpc) is 3.90. The van der Waals surface area contributed by atoms with Gasteiger partial charge in [0.1, 0.15) is 11.5 Å². The van der Waals surface area contributed by atoms with Gasteiger partial charge in [0.05, 0.1) is 48.9 Å². The first-order valence-electron chi connectivity index (χ1n) is 18.0. The predicted molar refractivity (Wildman–Crippen MR) is 244 cm³/mol. The molecule has 0 spiro atoms. The molecule has 6 aromatic rings. The highest BCUT2D eigenvalue weighted by Crippen LogP contribution is 2.27. The highest BCUT2D eigenvalue weighted by Gasteiger charge is 2.09. The summed E-state index contributed by atoms with van der Waals surface area (Å²) in [4.78, 5) is 11.2. The molecule has 57 heavy (non-hydrogen) atoms. The molecule has 12 heteroatoms. The normalized spacial score (nSPS) is 9.98. The summed E-state index contributed by atoms with van der Waals surface area (Å²) in [7, 11) is 3.30. The van der Waals surface area contributed by atoms with E-state index in [9.17, 15) is 0 Å². The molecular formula is C45H54BrN7O2S2. The van der Waals surface area contributed by atoms with Crippen molar-refractivity contribution < 1.29 is 9.47 Å². The topological polar surface area (TPSA) is 133 Å². The van der Waals surface area contributed by atoms with Crippen LogP contribution in [-0.4, -0.2) is 47.7 Å². The van der Waals surface area contributed by atoms with E-state index in [1.54, 1.807) is 25.6 Å². The van der Waals surface area contributed by atoms with E-state index in [0.717, 1.165) is 56.6 Å². The van der Waals surface area contributed by atoms with Gasteiger partial charge in [0.15, 0.2) is 10.3 Å². The molecule has 0 aliphatic rings. The highest BCUT2D eigenvalue weighted by molar-refractivity contribution is 9.08. The lowest BCUT2D eigenvalue weighted by Crippen LogP contribution is -2.36. The van der Waals surface area contributed by atoms with Crippen LogP contribution in [0.2, 0.25) is 0 Å². The number of thiazole rings is 2. The molecule has 9 nitrogen and oxygen atoms in total. The van der Waals surface area contributed by atoms with Gasteiger partial charge in [-0.1, -0.05) is 54.5 Å². The first-order chi connectivity index (χ1) is 27.0. The fourth-order valence-electron chi connectivity index (χ4n) is 5.30. The second-order valence-corrected chi connectivity index (χ2v) is 15.0. The summed E-state index contributed by atoms with van der Waals surface area (Å²) < 4.78 is 10.2. The second-order valence-electron chi connectivity index (χ2n) is 12.7. The maximum Gasteiger partial charge on any atom is 0.183 e. The Labute approximate surface area is 355 Å². The Kier molecular flexibility index (Phi) is 21.7. The molecule has 4 aromatic carbocycles. The first kappa shape index (κ1) is 47.9. The quantitative estimate of drug-likeness (QED) is 0.122. The van der Waals surface area contributed by atoms with Gasteiger partial charge in [-0.25, -0.2) is 9.97 Å². The summed E-state index contributed by atoms with van der Waals surface area (Å²) >= 11 is 6.34. The maximum absolute atomic E-state index is 8.80. The predicted octanol–water partition coefficient (Wildman–Crippen LogP) is 11.9. The number of rotatable bonds is 11. The zero-order chi connectivity index (χ0) is 40.9. The van der Waals surface area contributed by atoms with Crippen LogP contribution in [0.5, 0.6) is 11.5 Å². The minimum Gasteiger partial charge on any atom is -0.497 e. The van der Waals surface area contributed by atoms with E-state index in [1.807, 2.05) is 108 Å². The lowest BCUT2D eigenvalue weighted by atomic mass is 10.1. The van der Waals surface area contributed by atoms with Crippen molar-refractivity contribution in [2.45, 2.75) is 66.0 Å². The van der Waals surface area contributed by atoms with Crippen LogP contribution in [0.1, 0.15) is 64.3 Å². The number of ether oxygens (including phenoxy) is 2. The minimum absolute atomic E-state index is 0. The van der Waals surface area contributed by atoms with E-state index in [2.05, 4.69) is 82.9 Å². The second kappa shape index (κ2) is 25.8. The summed E-state index contributed by atoms with van der Waals surface area (Å²) in [6.45, 7) is 13.0. The van der Waals surface area contributed by atoms with Gasteiger partial charge in [-0.3, -0.25) is 4.90 Å². The number of methoxy groups -OCH3 is 2. The number of nitrogens with zero attached hydrogens (tertiary/aromatic N) is 5. The van der Waals surface area contributed by atoms with Crippen molar-refractivity contribution in [3.63, 3.8) is 0 Å². The number of benzene rings is 4. The van der Waals surface area contributed by atoms with E-state index in [1.165, 1.54) is 16.9 Å². The average molecular weight is 869 g/mol. The lowest BCUT2D eigenvalue weighted by Gasteiger charge is -2.28. The van der Waals surface area contributed by atoms with Gasteiger partial charge in [0.2, 0.25) is 0 Å². The molecule has 0 unspecified atom stereocenters. The molecule has 300 valence electrons. The Balaban J connectivity index is 0.000000283. The molecule has 2 heterocycles. The number of halogens is 1. The number of aromatic nitrogens is 2. The van der Waals surface area contributed by atoms with Crippen molar-refractivity contribution in [3.05, 3.63) is 130 Å². The number of alkyl halides is 1. The molecule has 3 N–H and O–H groups in total. The van der Waals surface area contributed by atoms with E-state index < -0.39 is 0 Å². The van der Waals surface area contributed by atoms with Crippen molar-refractivity contribution in [2.75, 3.05) is 31.8 Å². The van der Waals surface area contributed by atoms with Crippen LogP contribution >= 0.6 is 38.6 Å². The SMILES string of the molecule is C.CCN(C(C)C)C(C)C.COc1ccc(-c2csc(N)n2)cc1.COc1ccc(-c2csc(NCc3ccc(C#N)cc3)n2)cc1.N#Cc1ccc(CBr)cc1. The molecule has 0 amide bonds. The summed E-state index contributed by atoms with van der Waals surface area (Å²) in [5.74, 6) is 1.68. The third-order valence-corrected chi connectivity index (χ3v) is 10.4. The van der Waals surface area contributed by atoms with Crippen molar-refractivity contribution in [1.29, 1.82) is 10.5 Å². The molecule has 0 atom stereocenters. The largest absolute Gasteiger partial charge is 0.497 e. The van der Waals surface area contributed by atoms with Crippen LogP contribution in [0.15, 0.2) is 108 Å². The molecule has 0 saturated heterocycles. The van der Waals surface area contributed by atoms with Crippen molar-refractivity contribution in [3.8, 4) is 46.2 Å². The van der Waals surface area contributed by atoms with E-state index in [4.69, 9.17) is 25.7 Å². The Morgan fingerprint density at radius 1 is 0.702 bits per heavy atom. The molecule has 0 radical (unpaired) electrons. The molecule has 0 aliphatic carbocycles. The number of hydrogen-bond acceptors (Lipinski definition) is 11. The van der Waals surface area contributed by atoms with Gasteiger partial charge < -0.3 is 20.5 Å². The third kappa shape index (κ3) is 16.4. The van der Waals surface area contributed by atoms with Crippen LogP contribution in [0, 0.1) is 22.7 Å². The summed E-state index contributed by atoms with van der Waals surface area (Å²) in [5, 5.41) is 26.8. The van der Waals surface area contributed by atoms with Gasteiger partial charge >= 0.3 is 0 Å². The summed E-state index contributed by atoms with van der Waals surface area (Å²) in [5.41, 5.74) is 13.2. The molecular weight excluding hydrogens is 815 g/mol. The summed E-state index contributed by atoms with van der Waals surface area (Å²) in [6.07, 6.45) is 0. The van der Waals surface area contributed by atoms with Crippen LogP contribution < -0.4 is 20.5 Å². The number of anilines is 2. The van der Waals surface area contributed by atoms with Crippen molar-refractivity contribution in [1.82, 2.24) is 14.9 Å². The van der Waals surface area contributed by atoms with Crippen LogP contribution in [0.25, 0.3) is 22.5 Å². The number of hydrogen-bond donors (Lipinski definition) is 2. The fourth-order valence-corrected chi connectivity index (χ4v) is 6.97. The Hall–Kier alpha value is -5.24.